The summed E-state index contributed by atoms with van der Waals surface area (Å²) in [5.41, 5.74) is 1.09. The van der Waals surface area contributed by atoms with E-state index >= 15 is 0 Å². The first-order valence-electron chi connectivity index (χ1n) is 7.40. The fraction of sp³-hybridized carbons (Fsp3) is 0.562. The van der Waals surface area contributed by atoms with E-state index in [1.165, 1.54) is 12.8 Å². The Morgan fingerprint density at radius 1 is 1.45 bits per heavy atom. The predicted octanol–water partition coefficient (Wildman–Crippen LogP) is 3.30. The summed E-state index contributed by atoms with van der Waals surface area (Å²) in [5.74, 6) is 0.790. The molecule has 1 saturated heterocycles. The van der Waals surface area contributed by atoms with Gasteiger partial charge in [0.25, 0.3) is 0 Å². The second-order valence-electron chi connectivity index (χ2n) is 5.59. The molecule has 0 aromatic heterocycles. The van der Waals surface area contributed by atoms with Crippen LogP contribution in [0.1, 0.15) is 44.2 Å². The molecule has 0 saturated carbocycles. The molecule has 0 spiro atoms. The lowest BCUT2D eigenvalue weighted by atomic mass is 9.94. The number of piperidine rings is 1. The zero-order chi connectivity index (χ0) is 14.4. The molecule has 1 fully saturated rings. The summed E-state index contributed by atoms with van der Waals surface area (Å²) < 4.78 is 0. The second kappa shape index (κ2) is 7.65. The first-order valence-corrected chi connectivity index (χ1v) is 7.78. The molecular formula is C16H23ClN2O. The van der Waals surface area contributed by atoms with Crippen molar-refractivity contribution in [3.05, 3.63) is 34.9 Å². The van der Waals surface area contributed by atoms with E-state index in [9.17, 15) is 4.79 Å². The van der Waals surface area contributed by atoms with Gasteiger partial charge in [-0.25, -0.2) is 0 Å². The Morgan fingerprint density at radius 3 is 2.85 bits per heavy atom. The smallest absolute Gasteiger partial charge is 0.220 e. The van der Waals surface area contributed by atoms with Crippen LogP contribution < -0.4 is 10.6 Å². The number of carbonyl (C=O) groups is 1. The zero-order valence-corrected chi connectivity index (χ0v) is 12.7. The van der Waals surface area contributed by atoms with Crippen LogP contribution in [0, 0.1) is 5.92 Å². The lowest BCUT2D eigenvalue weighted by Gasteiger charge is -2.22. The van der Waals surface area contributed by atoms with Crippen LogP contribution in [0.4, 0.5) is 0 Å². The normalized spacial score (nSPS) is 20.4. The molecule has 2 rings (SSSR count). The first kappa shape index (κ1) is 15.3. The Kier molecular flexibility index (Phi) is 5.86. The summed E-state index contributed by atoms with van der Waals surface area (Å²) in [6.45, 7) is 4.18. The van der Waals surface area contributed by atoms with Crippen LogP contribution in [-0.2, 0) is 4.79 Å². The van der Waals surface area contributed by atoms with Crippen molar-refractivity contribution in [3.63, 3.8) is 0 Å². The number of hydrogen-bond acceptors (Lipinski definition) is 2. The van der Waals surface area contributed by atoms with E-state index in [-0.39, 0.29) is 11.9 Å². The quantitative estimate of drug-likeness (QED) is 0.875. The molecule has 1 aromatic rings. The van der Waals surface area contributed by atoms with Crippen molar-refractivity contribution < 1.29 is 4.79 Å². The largest absolute Gasteiger partial charge is 0.350 e. The van der Waals surface area contributed by atoms with Crippen LogP contribution in [0.5, 0.6) is 0 Å². The number of benzene rings is 1. The Bertz CT molecular complexity index is 427. The molecule has 2 N–H and O–H groups in total. The van der Waals surface area contributed by atoms with Gasteiger partial charge in [0, 0.05) is 11.4 Å². The van der Waals surface area contributed by atoms with Crippen LogP contribution >= 0.6 is 11.6 Å². The van der Waals surface area contributed by atoms with E-state index in [0.29, 0.717) is 12.3 Å². The Hall–Kier alpha value is -1.06. The van der Waals surface area contributed by atoms with Gasteiger partial charge in [0.2, 0.25) is 5.91 Å². The van der Waals surface area contributed by atoms with Crippen molar-refractivity contribution in [3.8, 4) is 0 Å². The SMILES string of the molecule is CC(NC(=O)CCC1CCCNC1)c1ccc(Cl)cc1. The molecule has 2 atom stereocenters. The summed E-state index contributed by atoms with van der Waals surface area (Å²) in [4.78, 5) is 12.0. The molecule has 1 heterocycles. The molecule has 20 heavy (non-hydrogen) atoms. The average Bonchev–Trinajstić information content (AvgIpc) is 2.47. The van der Waals surface area contributed by atoms with Gasteiger partial charge in [0.1, 0.15) is 0 Å². The van der Waals surface area contributed by atoms with Crippen LogP contribution in [-0.4, -0.2) is 19.0 Å². The van der Waals surface area contributed by atoms with Crippen molar-refractivity contribution in [1.82, 2.24) is 10.6 Å². The lowest BCUT2D eigenvalue weighted by Crippen LogP contribution is -2.31. The molecule has 1 aliphatic heterocycles. The number of nitrogens with one attached hydrogen (secondary N) is 2. The summed E-state index contributed by atoms with van der Waals surface area (Å²) in [5, 5.41) is 7.16. The maximum atomic E-state index is 12.0. The van der Waals surface area contributed by atoms with Gasteiger partial charge < -0.3 is 10.6 Å². The van der Waals surface area contributed by atoms with Gasteiger partial charge in [-0.15, -0.1) is 0 Å². The molecule has 0 bridgehead atoms. The molecule has 110 valence electrons. The number of carbonyl (C=O) groups excluding carboxylic acids is 1. The van der Waals surface area contributed by atoms with Crippen LogP contribution in [0.3, 0.4) is 0 Å². The second-order valence-corrected chi connectivity index (χ2v) is 6.03. The van der Waals surface area contributed by atoms with Gasteiger partial charge in [0.15, 0.2) is 0 Å². The van der Waals surface area contributed by atoms with E-state index in [1.807, 2.05) is 31.2 Å². The minimum atomic E-state index is 0.0317. The highest BCUT2D eigenvalue weighted by Gasteiger charge is 2.15. The van der Waals surface area contributed by atoms with Gasteiger partial charge >= 0.3 is 0 Å². The number of rotatable bonds is 5. The van der Waals surface area contributed by atoms with Gasteiger partial charge in [-0.05, 0) is 62.9 Å². The lowest BCUT2D eigenvalue weighted by molar-refractivity contribution is -0.122. The first-order chi connectivity index (χ1) is 9.65. The highest BCUT2D eigenvalue weighted by atomic mass is 35.5. The van der Waals surface area contributed by atoms with E-state index in [2.05, 4.69) is 10.6 Å². The fourth-order valence-electron chi connectivity index (χ4n) is 2.65. The van der Waals surface area contributed by atoms with Crippen molar-refractivity contribution in [1.29, 1.82) is 0 Å². The zero-order valence-electron chi connectivity index (χ0n) is 12.0. The highest BCUT2D eigenvalue weighted by Crippen LogP contribution is 2.18. The fourth-order valence-corrected chi connectivity index (χ4v) is 2.78. The van der Waals surface area contributed by atoms with Gasteiger partial charge in [-0.2, -0.15) is 0 Å². The van der Waals surface area contributed by atoms with Crippen molar-refractivity contribution in [2.24, 2.45) is 5.92 Å². The van der Waals surface area contributed by atoms with E-state index in [0.717, 1.165) is 30.1 Å². The molecule has 4 heteroatoms. The number of hydrogen-bond donors (Lipinski definition) is 2. The third kappa shape index (κ3) is 4.80. The Balaban J connectivity index is 1.74. The van der Waals surface area contributed by atoms with E-state index in [4.69, 9.17) is 11.6 Å². The summed E-state index contributed by atoms with van der Waals surface area (Å²) >= 11 is 5.86. The molecule has 1 aliphatic rings. The van der Waals surface area contributed by atoms with E-state index < -0.39 is 0 Å². The molecule has 1 amide bonds. The van der Waals surface area contributed by atoms with Gasteiger partial charge in [0.05, 0.1) is 6.04 Å². The van der Waals surface area contributed by atoms with Crippen LogP contribution in [0.25, 0.3) is 0 Å². The topological polar surface area (TPSA) is 41.1 Å². The molecule has 1 aromatic carbocycles. The minimum Gasteiger partial charge on any atom is -0.350 e. The number of halogens is 1. The molecule has 2 unspecified atom stereocenters. The Labute approximate surface area is 126 Å². The molecule has 3 nitrogen and oxygen atoms in total. The average molecular weight is 295 g/mol. The summed E-state index contributed by atoms with van der Waals surface area (Å²) in [6.07, 6.45) is 4.07. The monoisotopic (exact) mass is 294 g/mol. The van der Waals surface area contributed by atoms with Gasteiger partial charge in [-0.1, -0.05) is 23.7 Å². The van der Waals surface area contributed by atoms with Crippen LogP contribution in [0.2, 0.25) is 5.02 Å². The number of amides is 1. The minimum absolute atomic E-state index is 0.0317. The summed E-state index contributed by atoms with van der Waals surface area (Å²) in [6, 6.07) is 7.65. The van der Waals surface area contributed by atoms with E-state index in [1.54, 1.807) is 0 Å². The van der Waals surface area contributed by atoms with Gasteiger partial charge in [-0.3, -0.25) is 4.79 Å². The van der Waals surface area contributed by atoms with Crippen LogP contribution in [0.15, 0.2) is 24.3 Å². The van der Waals surface area contributed by atoms with Crippen molar-refractivity contribution in [2.45, 2.75) is 38.6 Å². The third-order valence-electron chi connectivity index (χ3n) is 3.93. The molecule has 0 radical (unpaired) electrons. The standard InChI is InChI=1S/C16H23ClN2O/c1-12(14-5-7-15(17)8-6-14)19-16(20)9-4-13-3-2-10-18-11-13/h5-8,12-13,18H,2-4,9-11H2,1H3,(H,19,20). The summed E-state index contributed by atoms with van der Waals surface area (Å²) in [7, 11) is 0. The van der Waals surface area contributed by atoms with Crippen molar-refractivity contribution in [2.75, 3.05) is 13.1 Å². The maximum Gasteiger partial charge on any atom is 0.220 e. The predicted molar refractivity (Wildman–Crippen MR) is 82.8 cm³/mol. The maximum absolute atomic E-state index is 12.0. The molecular weight excluding hydrogens is 272 g/mol. The Morgan fingerprint density at radius 2 is 2.20 bits per heavy atom. The van der Waals surface area contributed by atoms with Crippen molar-refractivity contribution >= 4 is 17.5 Å². The third-order valence-corrected chi connectivity index (χ3v) is 4.18. The highest BCUT2D eigenvalue weighted by molar-refractivity contribution is 6.30. The molecule has 0 aliphatic carbocycles.